The lowest BCUT2D eigenvalue weighted by atomic mass is 10.0. The number of hydrogen-bond acceptors (Lipinski definition) is 5. The van der Waals surface area contributed by atoms with Crippen LogP contribution in [0.4, 0.5) is 18.9 Å². The molecule has 1 aliphatic rings. The summed E-state index contributed by atoms with van der Waals surface area (Å²) in [6.45, 7) is 2.93. The van der Waals surface area contributed by atoms with Crippen LogP contribution in [0.1, 0.15) is 28.4 Å². The van der Waals surface area contributed by atoms with Gasteiger partial charge in [0.05, 0.1) is 31.3 Å². The summed E-state index contributed by atoms with van der Waals surface area (Å²) in [5.41, 5.74) is -0.0737. The van der Waals surface area contributed by atoms with Crippen LogP contribution in [0.25, 0.3) is 0 Å². The minimum absolute atomic E-state index is 0.0685. The number of piperazine rings is 1. The van der Waals surface area contributed by atoms with Gasteiger partial charge in [-0.05, 0) is 37.3 Å². The molecule has 1 heterocycles. The Bertz CT molecular complexity index is 1060. The lowest BCUT2D eigenvalue weighted by Gasteiger charge is -2.34. The van der Waals surface area contributed by atoms with Gasteiger partial charge in [0.2, 0.25) is 11.8 Å². The summed E-state index contributed by atoms with van der Waals surface area (Å²) in [4.78, 5) is 40.2. The van der Waals surface area contributed by atoms with E-state index in [1.165, 1.54) is 32.2 Å². The van der Waals surface area contributed by atoms with Gasteiger partial charge in [-0.2, -0.15) is 13.2 Å². The van der Waals surface area contributed by atoms with Gasteiger partial charge in [-0.3, -0.25) is 19.3 Å². The number of para-hydroxylation sites is 1. The molecule has 0 unspecified atom stereocenters. The van der Waals surface area contributed by atoms with E-state index >= 15 is 0 Å². The highest BCUT2D eigenvalue weighted by atomic mass is 19.4. The number of anilines is 1. The third-order valence-corrected chi connectivity index (χ3v) is 5.63. The molecule has 0 aromatic heterocycles. The predicted octanol–water partition coefficient (Wildman–Crippen LogP) is 3.24. The average Bonchev–Trinajstić information content (AvgIpc) is 2.79. The lowest BCUT2D eigenvalue weighted by molar-refractivity contribution is -0.137. The van der Waals surface area contributed by atoms with Crippen LogP contribution in [-0.4, -0.2) is 67.2 Å². The number of carbonyl (C=O) groups excluding carboxylic acids is 3. The standard InChI is InChI=1S/C24H26F3N3O4/c1-16(31)17-7-8-21(34-2)18(13-17)14-23(33)30-11-9-29(10-12-30)15-22(32)28-20-6-4-3-5-19(20)24(25,26)27/h3-8,13H,9-12,14-15H2,1-2H3,(H,28,32). The maximum absolute atomic E-state index is 13.1. The molecule has 0 spiro atoms. The molecule has 0 saturated carbocycles. The number of amides is 2. The summed E-state index contributed by atoms with van der Waals surface area (Å²) in [6.07, 6.45) is -4.50. The molecule has 1 N–H and O–H groups in total. The molecule has 0 aliphatic carbocycles. The number of nitrogens with zero attached hydrogens (tertiary/aromatic N) is 2. The number of rotatable bonds is 7. The van der Waals surface area contributed by atoms with E-state index in [1.54, 1.807) is 28.0 Å². The van der Waals surface area contributed by atoms with Crippen molar-refractivity contribution in [2.45, 2.75) is 19.5 Å². The topological polar surface area (TPSA) is 79.0 Å². The smallest absolute Gasteiger partial charge is 0.418 e. The summed E-state index contributed by atoms with van der Waals surface area (Å²) in [7, 11) is 1.49. The highest BCUT2D eigenvalue weighted by molar-refractivity contribution is 5.95. The summed E-state index contributed by atoms with van der Waals surface area (Å²) in [5.74, 6) is -0.279. The van der Waals surface area contributed by atoms with Crippen LogP contribution >= 0.6 is 0 Å². The molecule has 34 heavy (non-hydrogen) atoms. The Labute approximate surface area is 195 Å². The van der Waals surface area contributed by atoms with Crippen LogP contribution in [0.15, 0.2) is 42.5 Å². The molecular weight excluding hydrogens is 451 g/mol. The third-order valence-electron chi connectivity index (χ3n) is 5.63. The van der Waals surface area contributed by atoms with Gasteiger partial charge in [0.25, 0.3) is 0 Å². The first-order valence-corrected chi connectivity index (χ1v) is 10.7. The van der Waals surface area contributed by atoms with E-state index in [1.807, 2.05) is 0 Å². The quantitative estimate of drug-likeness (QED) is 0.620. The first-order valence-electron chi connectivity index (χ1n) is 10.7. The van der Waals surface area contributed by atoms with Crippen LogP contribution in [-0.2, 0) is 22.2 Å². The molecule has 10 heteroatoms. The molecule has 1 saturated heterocycles. The first kappa shape index (κ1) is 25.2. The molecule has 1 aliphatic heterocycles. The molecule has 0 bridgehead atoms. The van der Waals surface area contributed by atoms with Crippen molar-refractivity contribution >= 4 is 23.3 Å². The molecule has 0 radical (unpaired) electrons. The Morgan fingerprint density at radius 3 is 2.32 bits per heavy atom. The van der Waals surface area contributed by atoms with Gasteiger partial charge in [-0.15, -0.1) is 0 Å². The van der Waals surface area contributed by atoms with Gasteiger partial charge in [0, 0.05) is 37.3 Å². The molecule has 2 amide bonds. The van der Waals surface area contributed by atoms with E-state index in [0.717, 1.165) is 6.07 Å². The second kappa shape index (κ2) is 10.7. The highest BCUT2D eigenvalue weighted by Crippen LogP contribution is 2.34. The molecule has 2 aromatic carbocycles. The van der Waals surface area contributed by atoms with Crippen LogP contribution in [0, 0.1) is 0 Å². The average molecular weight is 477 g/mol. The molecule has 182 valence electrons. The number of hydrogen-bond donors (Lipinski definition) is 1. The number of alkyl halides is 3. The van der Waals surface area contributed by atoms with Crippen molar-refractivity contribution < 1.29 is 32.3 Å². The van der Waals surface area contributed by atoms with Gasteiger partial charge in [0.15, 0.2) is 5.78 Å². The number of methoxy groups -OCH3 is 1. The number of Topliss-reactive ketones (excluding diaryl/α,β-unsaturated/α-hetero) is 1. The van der Waals surface area contributed by atoms with Crippen molar-refractivity contribution in [3.8, 4) is 5.75 Å². The van der Waals surface area contributed by atoms with Crippen LogP contribution < -0.4 is 10.1 Å². The maximum Gasteiger partial charge on any atom is 0.418 e. The first-order chi connectivity index (χ1) is 16.1. The summed E-state index contributed by atoms with van der Waals surface area (Å²) >= 11 is 0. The Morgan fingerprint density at radius 2 is 1.71 bits per heavy atom. The second-order valence-electron chi connectivity index (χ2n) is 8.01. The summed E-state index contributed by atoms with van der Waals surface area (Å²) in [5, 5.41) is 2.34. The molecule has 3 rings (SSSR count). The van der Waals surface area contributed by atoms with E-state index in [4.69, 9.17) is 4.74 Å². The minimum atomic E-state index is -4.57. The van der Waals surface area contributed by atoms with Crippen molar-refractivity contribution in [3.05, 3.63) is 59.2 Å². The molecule has 0 atom stereocenters. The van der Waals surface area contributed by atoms with Gasteiger partial charge < -0.3 is 15.0 Å². The van der Waals surface area contributed by atoms with Crippen molar-refractivity contribution in [1.29, 1.82) is 0 Å². The Hall–Kier alpha value is -3.40. The van der Waals surface area contributed by atoms with Gasteiger partial charge >= 0.3 is 6.18 Å². The van der Waals surface area contributed by atoms with Crippen molar-refractivity contribution in [2.24, 2.45) is 0 Å². The Kier molecular flexibility index (Phi) is 7.93. The summed E-state index contributed by atoms with van der Waals surface area (Å²) in [6, 6.07) is 9.78. The zero-order valence-electron chi connectivity index (χ0n) is 18.9. The van der Waals surface area contributed by atoms with E-state index in [-0.39, 0.29) is 30.3 Å². The molecular formula is C24H26F3N3O4. The van der Waals surface area contributed by atoms with E-state index in [9.17, 15) is 27.6 Å². The minimum Gasteiger partial charge on any atom is -0.496 e. The van der Waals surface area contributed by atoms with Gasteiger partial charge in [0.1, 0.15) is 5.75 Å². The Balaban J connectivity index is 1.54. The Morgan fingerprint density at radius 1 is 1.03 bits per heavy atom. The highest BCUT2D eigenvalue weighted by Gasteiger charge is 2.33. The van der Waals surface area contributed by atoms with Crippen LogP contribution in [0.3, 0.4) is 0 Å². The molecule has 7 nitrogen and oxygen atoms in total. The number of carbonyl (C=O) groups is 3. The zero-order valence-corrected chi connectivity index (χ0v) is 18.9. The third kappa shape index (κ3) is 6.34. The van der Waals surface area contributed by atoms with Crippen molar-refractivity contribution in [1.82, 2.24) is 9.80 Å². The van der Waals surface area contributed by atoms with E-state index in [2.05, 4.69) is 5.32 Å². The molecule has 2 aromatic rings. The summed E-state index contributed by atoms with van der Waals surface area (Å²) < 4.78 is 44.7. The lowest BCUT2D eigenvalue weighted by Crippen LogP contribution is -2.50. The fourth-order valence-corrected chi connectivity index (χ4v) is 3.80. The normalized spacial score (nSPS) is 14.6. The second-order valence-corrected chi connectivity index (χ2v) is 8.01. The van der Waals surface area contributed by atoms with Crippen molar-refractivity contribution in [3.63, 3.8) is 0 Å². The molecule has 1 fully saturated rings. The number of nitrogens with one attached hydrogen (secondary N) is 1. The van der Waals surface area contributed by atoms with E-state index in [0.29, 0.717) is 43.1 Å². The van der Waals surface area contributed by atoms with Crippen LogP contribution in [0.5, 0.6) is 5.75 Å². The SMILES string of the molecule is COc1ccc(C(C)=O)cc1CC(=O)N1CCN(CC(=O)Nc2ccccc2C(F)(F)F)CC1. The van der Waals surface area contributed by atoms with Crippen molar-refractivity contribution in [2.75, 3.05) is 45.2 Å². The largest absolute Gasteiger partial charge is 0.496 e. The zero-order chi connectivity index (χ0) is 24.9. The fraction of sp³-hybridized carbons (Fsp3) is 0.375. The fourth-order valence-electron chi connectivity index (χ4n) is 3.80. The maximum atomic E-state index is 13.1. The predicted molar refractivity (Wildman–Crippen MR) is 120 cm³/mol. The number of ketones is 1. The number of ether oxygens (including phenoxy) is 1. The monoisotopic (exact) mass is 477 g/mol. The van der Waals surface area contributed by atoms with Gasteiger partial charge in [-0.25, -0.2) is 0 Å². The number of benzene rings is 2. The van der Waals surface area contributed by atoms with Crippen LogP contribution in [0.2, 0.25) is 0 Å². The van der Waals surface area contributed by atoms with Gasteiger partial charge in [-0.1, -0.05) is 12.1 Å². The number of halogens is 3. The van der Waals surface area contributed by atoms with E-state index < -0.39 is 17.6 Å².